The van der Waals surface area contributed by atoms with Gasteiger partial charge in [-0.1, -0.05) is 11.6 Å². The molecule has 2 atom stereocenters. The van der Waals surface area contributed by atoms with E-state index >= 15 is 0 Å². The number of anilines is 1. The summed E-state index contributed by atoms with van der Waals surface area (Å²) in [5.41, 5.74) is 1.72. The zero-order valence-electron chi connectivity index (χ0n) is 16.8. The van der Waals surface area contributed by atoms with Crippen LogP contribution < -0.4 is 16.0 Å². The Morgan fingerprint density at radius 1 is 1.20 bits per heavy atom. The first kappa shape index (κ1) is 21.9. The van der Waals surface area contributed by atoms with Crippen LogP contribution >= 0.6 is 11.6 Å². The lowest BCUT2D eigenvalue weighted by atomic mass is 9.90. The zero-order chi connectivity index (χ0) is 22.0. The summed E-state index contributed by atoms with van der Waals surface area (Å²) in [7, 11) is 0. The van der Waals surface area contributed by atoms with Gasteiger partial charge in [-0.05, 0) is 50.3 Å². The van der Waals surface area contributed by atoms with Crippen molar-refractivity contribution in [2.24, 2.45) is 5.92 Å². The van der Waals surface area contributed by atoms with E-state index in [1.165, 1.54) is 6.92 Å². The molecule has 1 fully saturated rings. The molecule has 2 aliphatic rings. The summed E-state index contributed by atoms with van der Waals surface area (Å²) < 4.78 is 0. The molecular formula is C20H25ClN4O5. The normalized spacial score (nSPS) is 18.2. The molecule has 30 heavy (non-hydrogen) atoms. The van der Waals surface area contributed by atoms with Gasteiger partial charge in [0.1, 0.15) is 6.04 Å². The highest BCUT2D eigenvalue weighted by Gasteiger charge is 2.30. The molecule has 1 saturated heterocycles. The van der Waals surface area contributed by atoms with Crippen molar-refractivity contribution in [3.63, 3.8) is 0 Å². The number of carboxylic acid groups (broad SMARTS) is 1. The quantitative estimate of drug-likeness (QED) is 0.560. The van der Waals surface area contributed by atoms with Gasteiger partial charge in [-0.3, -0.25) is 14.4 Å². The number of benzene rings is 1. The number of amides is 4. The van der Waals surface area contributed by atoms with Crippen LogP contribution in [0.3, 0.4) is 0 Å². The summed E-state index contributed by atoms with van der Waals surface area (Å²) in [6, 6.07) is 2.32. The SMILES string of the molecule is CC(NC(=O)c1cc2c(cc1Cl)NC(=O)C2)C1CCN(C(=O)[C@H](C)NC(=O)O)CC1. The lowest BCUT2D eigenvalue weighted by Crippen LogP contribution is -2.51. The summed E-state index contributed by atoms with van der Waals surface area (Å²) in [6.07, 6.45) is 0.392. The summed E-state index contributed by atoms with van der Waals surface area (Å²) in [5, 5.41) is 16.9. The third-order valence-electron chi connectivity index (χ3n) is 5.69. The van der Waals surface area contributed by atoms with Crippen molar-refractivity contribution in [1.82, 2.24) is 15.5 Å². The highest BCUT2D eigenvalue weighted by molar-refractivity contribution is 6.34. The molecule has 0 aromatic heterocycles. The average Bonchev–Trinajstić information content (AvgIpc) is 3.04. The van der Waals surface area contributed by atoms with Crippen LogP contribution in [0.2, 0.25) is 5.02 Å². The Labute approximate surface area is 179 Å². The van der Waals surface area contributed by atoms with Crippen LogP contribution in [0.4, 0.5) is 10.5 Å². The first-order valence-corrected chi connectivity index (χ1v) is 10.2. The second kappa shape index (κ2) is 8.91. The monoisotopic (exact) mass is 436 g/mol. The smallest absolute Gasteiger partial charge is 0.405 e. The minimum Gasteiger partial charge on any atom is -0.465 e. The third-order valence-corrected chi connectivity index (χ3v) is 6.00. The standard InChI is InChI=1S/C20H25ClN4O5/c1-10(12-3-5-25(6-4-12)19(28)11(2)23-20(29)30)22-18(27)14-7-13-8-17(26)24-16(13)9-15(14)21/h7,9-12,23H,3-6,8H2,1-2H3,(H,22,27)(H,24,26)(H,29,30)/t10?,11-/m0/s1. The van der Waals surface area contributed by atoms with Crippen LogP contribution in [-0.2, 0) is 16.0 Å². The first-order chi connectivity index (χ1) is 14.2. The number of carbonyl (C=O) groups excluding carboxylic acids is 3. The van der Waals surface area contributed by atoms with Gasteiger partial charge in [-0.2, -0.15) is 0 Å². The molecule has 0 saturated carbocycles. The van der Waals surface area contributed by atoms with Crippen LogP contribution in [0, 0.1) is 5.92 Å². The van der Waals surface area contributed by atoms with Gasteiger partial charge in [0.25, 0.3) is 5.91 Å². The van der Waals surface area contributed by atoms with E-state index in [0.29, 0.717) is 37.2 Å². The number of rotatable bonds is 5. The fourth-order valence-corrected chi connectivity index (χ4v) is 4.21. The van der Waals surface area contributed by atoms with Crippen molar-refractivity contribution in [1.29, 1.82) is 0 Å². The average molecular weight is 437 g/mol. The van der Waals surface area contributed by atoms with Gasteiger partial charge in [0.05, 0.1) is 17.0 Å². The Balaban J connectivity index is 1.55. The fourth-order valence-electron chi connectivity index (χ4n) is 3.97. The molecule has 4 amide bonds. The Morgan fingerprint density at radius 3 is 2.50 bits per heavy atom. The second-order valence-corrected chi connectivity index (χ2v) is 8.22. The molecule has 1 aromatic carbocycles. The summed E-state index contributed by atoms with van der Waals surface area (Å²) in [6.45, 7) is 4.45. The number of hydrogen-bond acceptors (Lipinski definition) is 4. The van der Waals surface area contributed by atoms with Gasteiger partial charge in [0.15, 0.2) is 0 Å². The Morgan fingerprint density at radius 2 is 1.87 bits per heavy atom. The number of hydrogen-bond donors (Lipinski definition) is 4. The predicted molar refractivity (Wildman–Crippen MR) is 111 cm³/mol. The molecule has 9 nitrogen and oxygen atoms in total. The van der Waals surface area contributed by atoms with Crippen molar-refractivity contribution in [2.45, 2.75) is 45.2 Å². The number of carbonyl (C=O) groups is 4. The van der Waals surface area contributed by atoms with Crippen LogP contribution in [0.5, 0.6) is 0 Å². The van der Waals surface area contributed by atoms with E-state index in [9.17, 15) is 19.2 Å². The van der Waals surface area contributed by atoms with E-state index in [1.807, 2.05) is 6.92 Å². The highest BCUT2D eigenvalue weighted by Crippen LogP contribution is 2.30. The molecular weight excluding hydrogens is 412 g/mol. The molecule has 2 aliphatic heterocycles. The number of piperidine rings is 1. The molecule has 1 aromatic rings. The van der Waals surface area contributed by atoms with E-state index in [1.54, 1.807) is 17.0 Å². The lowest BCUT2D eigenvalue weighted by Gasteiger charge is -2.36. The van der Waals surface area contributed by atoms with Gasteiger partial charge < -0.3 is 26.0 Å². The van der Waals surface area contributed by atoms with Gasteiger partial charge in [0.2, 0.25) is 11.8 Å². The van der Waals surface area contributed by atoms with Crippen molar-refractivity contribution in [3.8, 4) is 0 Å². The molecule has 10 heteroatoms. The maximum atomic E-state index is 12.7. The minimum absolute atomic E-state index is 0.124. The Hall–Kier alpha value is -2.81. The van der Waals surface area contributed by atoms with E-state index in [-0.39, 0.29) is 41.1 Å². The molecule has 2 heterocycles. The van der Waals surface area contributed by atoms with E-state index < -0.39 is 12.1 Å². The first-order valence-electron chi connectivity index (χ1n) is 9.87. The number of likely N-dealkylation sites (tertiary alicyclic amines) is 1. The zero-order valence-corrected chi connectivity index (χ0v) is 17.6. The summed E-state index contributed by atoms with van der Waals surface area (Å²) in [4.78, 5) is 48.9. The Bertz CT molecular complexity index is 882. The maximum Gasteiger partial charge on any atom is 0.405 e. The van der Waals surface area contributed by atoms with E-state index in [2.05, 4.69) is 16.0 Å². The minimum atomic E-state index is -1.23. The molecule has 0 spiro atoms. The van der Waals surface area contributed by atoms with Crippen molar-refractivity contribution in [3.05, 3.63) is 28.3 Å². The van der Waals surface area contributed by atoms with Crippen molar-refractivity contribution >= 4 is 41.1 Å². The van der Waals surface area contributed by atoms with Gasteiger partial charge >= 0.3 is 6.09 Å². The predicted octanol–water partition coefficient (Wildman–Crippen LogP) is 1.85. The van der Waals surface area contributed by atoms with Crippen LogP contribution in [0.1, 0.15) is 42.6 Å². The van der Waals surface area contributed by atoms with Crippen LogP contribution in [0.25, 0.3) is 0 Å². The van der Waals surface area contributed by atoms with Crippen LogP contribution in [0.15, 0.2) is 12.1 Å². The summed E-state index contributed by atoms with van der Waals surface area (Å²) in [5.74, 6) is -0.494. The molecule has 0 aliphatic carbocycles. The van der Waals surface area contributed by atoms with Gasteiger partial charge in [-0.25, -0.2) is 4.79 Å². The molecule has 0 bridgehead atoms. The number of nitrogens with zero attached hydrogens (tertiary/aromatic N) is 1. The second-order valence-electron chi connectivity index (χ2n) is 7.81. The molecule has 0 radical (unpaired) electrons. The van der Waals surface area contributed by atoms with Gasteiger partial charge in [-0.15, -0.1) is 0 Å². The van der Waals surface area contributed by atoms with E-state index in [0.717, 1.165) is 5.56 Å². The number of halogens is 1. The topological polar surface area (TPSA) is 128 Å². The number of nitrogens with one attached hydrogen (secondary N) is 3. The van der Waals surface area contributed by atoms with Crippen molar-refractivity contribution < 1.29 is 24.3 Å². The molecule has 4 N–H and O–H groups in total. The fraction of sp³-hybridized carbons (Fsp3) is 0.500. The molecule has 162 valence electrons. The number of fused-ring (bicyclic) bond motifs is 1. The van der Waals surface area contributed by atoms with E-state index in [4.69, 9.17) is 16.7 Å². The maximum absolute atomic E-state index is 12.7. The summed E-state index contributed by atoms with van der Waals surface area (Å²) >= 11 is 6.24. The molecule has 1 unspecified atom stereocenters. The lowest BCUT2D eigenvalue weighted by molar-refractivity contribution is -0.134. The van der Waals surface area contributed by atoms with Crippen LogP contribution in [-0.4, -0.2) is 59.0 Å². The largest absolute Gasteiger partial charge is 0.465 e. The van der Waals surface area contributed by atoms with Crippen molar-refractivity contribution in [2.75, 3.05) is 18.4 Å². The highest BCUT2D eigenvalue weighted by atomic mass is 35.5. The van der Waals surface area contributed by atoms with Gasteiger partial charge in [0, 0.05) is 24.8 Å². The Kier molecular flexibility index (Phi) is 6.50. The third kappa shape index (κ3) is 4.84. The molecule has 3 rings (SSSR count).